The molecule has 16 heavy (non-hydrogen) atoms. The number of carbonyl (C=O) groups excluding carboxylic acids is 1. The molecule has 0 saturated heterocycles. The fourth-order valence-corrected chi connectivity index (χ4v) is 1.90. The van der Waals surface area contributed by atoms with E-state index in [9.17, 15) is 4.79 Å². The van der Waals surface area contributed by atoms with Crippen LogP contribution in [0.15, 0.2) is 18.2 Å². The van der Waals surface area contributed by atoms with Gasteiger partial charge in [0.2, 0.25) is 0 Å². The van der Waals surface area contributed by atoms with Gasteiger partial charge in [-0.1, -0.05) is 13.3 Å². The Morgan fingerprint density at radius 1 is 1.31 bits per heavy atom. The molecule has 1 aromatic carbocycles. The van der Waals surface area contributed by atoms with Crippen LogP contribution in [-0.4, -0.2) is 19.4 Å². The van der Waals surface area contributed by atoms with Crippen LogP contribution in [0.1, 0.15) is 42.6 Å². The van der Waals surface area contributed by atoms with Gasteiger partial charge in [-0.3, -0.25) is 4.79 Å². The van der Waals surface area contributed by atoms with Crippen molar-refractivity contribution in [3.63, 3.8) is 0 Å². The van der Waals surface area contributed by atoms with Crippen LogP contribution in [-0.2, 0) is 0 Å². The summed E-state index contributed by atoms with van der Waals surface area (Å²) in [5, 5.41) is 0. The van der Waals surface area contributed by atoms with E-state index in [-0.39, 0.29) is 0 Å². The molecule has 0 unspecified atom stereocenters. The Hall–Kier alpha value is -1.31. The van der Waals surface area contributed by atoms with Crippen molar-refractivity contribution in [2.75, 3.05) is 18.0 Å². The molecular formula is C14H21NO. The van der Waals surface area contributed by atoms with E-state index in [0.717, 1.165) is 24.9 Å². The van der Waals surface area contributed by atoms with E-state index in [1.807, 2.05) is 12.1 Å². The number of anilines is 1. The van der Waals surface area contributed by atoms with E-state index in [0.29, 0.717) is 0 Å². The van der Waals surface area contributed by atoms with E-state index < -0.39 is 0 Å². The van der Waals surface area contributed by atoms with E-state index in [1.54, 1.807) is 0 Å². The van der Waals surface area contributed by atoms with Crippen LogP contribution in [0.4, 0.5) is 5.69 Å². The van der Waals surface area contributed by atoms with Crippen LogP contribution in [0, 0.1) is 6.92 Å². The maximum absolute atomic E-state index is 10.7. The second-order valence-corrected chi connectivity index (χ2v) is 4.10. The van der Waals surface area contributed by atoms with Crippen molar-refractivity contribution < 1.29 is 4.79 Å². The van der Waals surface area contributed by atoms with Gasteiger partial charge in [-0.15, -0.1) is 0 Å². The Bertz CT molecular complexity index is 347. The molecule has 0 radical (unpaired) electrons. The summed E-state index contributed by atoms with van der Waals surface area (Å²) < 4.78 is 0. The van der Waals surface area contributed by atoms with Gasteiger partial charge in [0.15, 0.2) is 0 Å². The number of nitrogens with zero attached hydrogens (tertiary/aromatic N) is 1. The van der Waals surface area contributed by atoms with Gasteiger partial charge in [0, 0.05) is 24.3 Å². The molecule has 2 nitrogen and oxygen atoms in total. The fraction of sp³-hybridized carbons (Fsp3) is 0.500. The SMILES string of the molecule is CCCCN(CC)c1ccc(C=O)cc1C. The Morgan fingerprint density at radius 2 is 2.06 bits per heavy atom. The van der Waals surface area contributed by atoms with Crippen molar-refractivity contribution in [3.8, 4) is 0 Å². The zero-order chi connectivity index (χ0) is 12.0. The summed E-state index contributed by atoms with van der Waals surface area (Å²) in [6.07, 6.45) is 3.32. The third kappa shape index (κ3) is 3.09. The average Bonchev–Trinajstić information content (AvgIpc) is 2.31. The summed E-state index contributed by atoms with van der Waals surface area (Å²) in [5.74, 6) is 0. The topological polar surface area (TPSA) is 20.3 Å². The highest BCUT2D eigenvalue weighted by molar-refractivity contribution is 5.76. The molecule has 88 valence electrons. The maximum Gasteiger partial charge on any atom is 0.150 e. The molecule has 0 amide bonds. The Morgan fingerprint density at radius 3 is 2.56 bits per heavy atom. The van der Waals surface area contributed by atoms with E-state index in [2.05, 4.69) is 31.7 Å². The van der Waals surface area contributed by atoms with Gasteiger partial charge >= 0.3 is 0 Å². The predicted molar refractivity (Wildman–Crippen MR) is 69.4 cm³/mol. The van der Waals surface area contributed by atoms with Crippen molar-refractivity contribution in [2.45, 2.75) is 33.6 Å². The van der Waals surface area contributed by atoms with Crippen LogP contribution in [0.25, 0.3) is 0 Å². The van der Waals surface area contributed by atoms with Crippen LogP contribution < -0.4 is 4.90 Å². The minimum atomic E-state index is 0.757. The molecule has 2 heteroatoms. The lowest BCUT2D eigenvalue weighted by molar-refractivity contribution is 0.112. The zero-order valence-corrected chi connectivity index (χ0v) is 10.5. The average molecular weight is 219 g/mol. The predicted octanol–water partition coefficient (Wildman–Crippen LogP) is 3.43. The molecule has 0 aliphatic heterocycles. The molecule has 0 atom stereocenters. The number of rotatable bonds is 6. The molecule has 0 aliphatic carbocycles. The first kappa shape index (κ1) is 12.8. The van der Waals surface area contributed by atoms with Gasteiger partial charge in [-0.05, 0) is 44.0 Å². The summed E-state index contributed by atoms with van der Waals surface area (Å²) in [5.41, 5.74) is 3.19. The number of hydrogen-bond acceptors (Lipinski definition) is 2. The van der Waals surface area contributed by atoms with Crippen LogP contribution in [0.3, 0.4) is 0 Å². The lowest BCUT2D eigenvalue weighted by Gasteiger charge is -2.25. The van der Waals surface area contributed by atoms with E-state index in [4.69, 9.17) is 0 Å². The zero-order valence-electron chi connectivity index (χ0n) is 10.5. The second kappa shape index (κ2) is 6.31. The van der Waals surface area contributed by atoms with Gasteiger partial charge in [-0.2, -0.15) is 0 Å². The molecule has 1 rings (SSSR count). The van der Waals surface area contributed by atoms with Crippen LogP contribution >= 0.6 is 0 Å². The molecule has 0 aliphatic rings. The summed E-state index contributed by atoms with van der Waals surface area (Å²) >= 11 is 0. The van der Waals surface area contributed by atoms with Crippen molar-refractivity contribution in [3.05, 3.63) is 29.3 Å². The highest BCUT2D eigenvalue weighted by Gasteiger charge is 2.07. The molecule has 0 N–H and O–H groups in total. The first-order chi connectivity index (χ1) is 7.72. The fourth-order valence-electron chi connectivity index (χ4n) is 1.90. The monoisotopic (exact) mass is 219 g/mol. The molecule has 0 spiro atoms. The smallest absolute Gasteiger partial charge is 0.150 e. The minimum Gasteiger partial charge on any atom is -0.372 e. The molecule has 1 aromatic rings. The number of benzene rings is 1. The molecule has 0 fully saturated rings. The number of carbonyl (C=O) groups is 1. The van der Waals surface area contributed by atoms with Gasteiger partial charge in [0.1, 0.15) is 6.29 Å². The second-order valence-electron chi connectivity index (χ2n) is 4.10. The summed E-state index contributed by atoms with van der Waals surface area (Å²) in [6, 6.07) is 5.90. The van der Waals surface area contributed by atoms with Gasteiger partial charge < -0.3 is 4.90 Å². The normalized spacial score (nSPS) is 10.2. The first-order valence-corrected chi connectivity index (χ1v) is 6.03. The van der Waals surface area contributed by atoms with Crippen molar-refractivity contribution in [1.29, 1.82) is 0 Å². The van der Waals surface area contributed by atoms with Crippen molar-refractivity contribution in [2.24, 2.45) is 0 Å². The number of aryl methyl sites for hydroxylation is 1. The van der Waals surface area contributed by atoms with Crippen molar-refractivity contribution >= 4 is 12.0 Å². The lowest BCUT2D eigenvalue weighted by atomic mass is 10.1. The van der Waals surface area contributed by atoms with Crippen LogP contribution in [0.5, 0.6) is 0 Å². The van der Waals surface area contributed by atoms with Gasteiger partial charge in [-0.25, -0.2) is 0 Å². The molecular weight excluding hydrogens is 198 g/mol. The summed E-state index contributed by atoms with van der Waals surface area (Å²) in [4.78, 5) is 13.0. The van der Waals surface area contributed by atoms with Crippen molar-refractivity contribution in [1.82, 2.24) is 0 Å². The standard InChI is InChI=1S/C14H21NO/c1-4-6-9-15(5-2)14-8-7-13(11-16)10-12(14)3/h7-8,10-11H,4-6,9H2,1-3H3. The molecule has 0 heterocycles. The summed E-state index contributed by atoms with van der Waals surface area (Å²) in [7, 11) is 0. The molecule has 0 saturated carbocycles. The quantitative estimate of drug-likeness (QED) is 0.683. The Kier molecular flexibility index (Phi) is 5.03. The first-order valence-electron chi connectivity index (χ1n) is 6.03. The number of aldehydes is 1. The minimum absolute atomic E-state index is 0.757. The molecule has 0 bridgehead atoms. The largest absolute Gasteiger partial charge is 0.372 e. The highest BCUT2D eigenvalue weighted by atomic mass is 16.1. The van der Waals surface area contributed by atoms with Gasteiger partial charge in [0.25, 0.3) is 0 Å². The number of hydrogen-bond donors (Lipinski definition) is 0. The molecule has 0 aromatic heterocycles. The van der Waals surface area contributed by atoms with E-state index >= 15 is 0 Å². The highest BCUT2D eigenvalue weighted by Crippen LogP contribution is 2.21. The Labute approximate surface area is 98.3 Å². The Balaban J connectivity index is 2.87. The van der Waals surface area contributed by atoms with Gasteiger partial charge in [0.05, 0.1) is 0 Å². The van der Waals surface area contributed by atoms with E-state index in [1.165, 1.54) is 24.1 Å². The maximum atomic E-state index is 10.7. The number of unbranched alkanes of at least 4 members (excludes halogenated alkanes) is 1. The third-order valence-electron chi connectivity index (χ3n) is 2.86. The summed E-state index contributed by atoms with van der Waals surface area (Å²) in [6.45, 7) is 8.55. The third-order valence-corrected chi connectivity index (χ3v) is 2.86. The van der Waals surface area contributed by atoms with Crippen LogP contribution in [0.2, 0.25) is 0 Å². The lowest BCUT2D eigenvalue weighted by Crippen LogP contribution is -2.24.